The second-order valence-corrected chi connectivity index (χ2v) is 11.5. The zero-order valence-corrected chi connectivity index (χ0v) is 18.2. The van der Waals surface area contributed by atoms with Crippen molar-refractivity contribution in [3.05, 3.63) is 11.6 Å². The van der Waals surface area contributed by atoms with Gasteiger partial charge in [0.15, 0.2) is 0 Å². The molecule has 0 aromatic rings. The molecule has 0 bridgehead atoms. The van der Waals surface area contributed by atoms with Crippen LogP contribution in [-0.2, 0) is 0 Å². The molecule has 0 aromatic heterocycles. The molecule has 4 aliphatic rings. The van der Waals surface area contributed by atoms with Gasteiger partial charge in [-0.15, -0.1) is 0 Å². The Labute approximate surface area is 163 Å². The fourth-order valence-electron chi connectivity index (χ4n) is 8.22. The highest BCUT2D eigenvalue weighted by Gasteiger charge is 2.57. The number of fused-ring (bicyclic) bond motifs is 5. The largest absolute Gasteiger partial charge is 0.0845 e. The molecule has 0 heterocycles. The highest BCUT2D eigenvalue weighted by atomic mass is 14.6. The third kappa shape index (κ3) is 3.12. The first-order valence-electron chi connectivity index (χ1n) is 12.1. The van der Waals surface area contributed by atoms with Gasteiger partial charge in [0.05, 0.1) is 0 Å². The summed E-state index contributed by atoms with van der Waals surface area (Å²) in [4.78, 5) is 0. The maximum atomic E-state index is 2.74. The van der Waals surface area contributed by atoms with E-state index >= 15 is 0 Å². The number of unbranched alkanes of at least 4 members (excludes halogenated alkanes) is 1. The first-order valence-corrected chi connectivity index (χ1v) is 12.1. The molecule has 6 unspecified atom stereocenters. The minimum absolute atomic E-state index is 0.581. The van der Waals surface area contributed by atoms with Crippen molar-refractivity contribution in [2.75, 3.05) is 0 Å². The summed E-state index contributed by atoms with van der Waals surface area (Å²) >= 11 is 0. The SMILES string of the molecule is CC(C)CCCCC1CCC2C3CC=C4CCCCC4(C)C3CCC12C. The van der Waals surface area contributed by atoms with Gasteiger partial charge in [0.1, 0.15) is 0 Å². The van der Waals surface area contributed by atoms with Crippen molar-refractivity contribution >= 4 is 0 Å². The Morgan fingerprint density at radius 2 is 1.85 bits per heavy atom. The maximum Gasteiger partial charge on any atom is -0.00853 e. The van der Waals surface area contributed by atoms with E-state index in [1.807, 2.05) is 5.57 Å². The second kappa shape index (κ2) is 7.29. The molecule has 0 heteroatoms. The van der Waals surface area contributed by atoms with Crippen molar-refractivity contribution in [3.63, 3.8) is 0 Å². The van der Waals surface area contributed by atoms with Crippen LogP contribution in [0.3, 0.4) is 0 Å². The molecule has 0 radical (unpaired) electrons. The molecular formula is C26H44. The standard InChI is InChI=1S/C26H44/c1-19(2)9-5-6-10-21-13-15-23-22-14-12-20-11-7-8-17-25(20,3)24(22)16-18-26(21,23)4/h12,19,21-24H,5-11,13-18H2,1-4H3. The molecule has 3 fully saturated rings. The van der Waals surface area contributed by atoms with Gasteiger partial charge in [-0.25, -0.2) is 0 Å². The molecule has 4 rings (SSSR count). The molecule has 0 aromatic carbocycles. The highest BCUT2D eigenvalue weighted by Crippen LogP contribution is 2.66. The van der Waals surface area contributed by atoms with Crippen LogP contribution in [-0.4, -0.2) is 0 Å². The molecule has 26 heavy (non-hydrogen) atoms. The van der Waals surface area contributed by atoms with Crippen molar-refractivity contribution in [3.8, 4) is 0 Å². The lowest BCUT2D eigenvalue weighted by atomic mass is 9.47. The zero-order chi connectivity index (χ0) is 18.4. The third-order valence-corrected chi connectivity index (χ3v) is 9.80. The van der Waals surface area contributed by atoms with Gasteiger partial charge in [-0.1, -0.05) is 65.0 Å². The van der Waals surface area contributed by atoms with Crippen LogP contribution in [0.5, 0.6) is 0 Å². The average Bonchev–Trinajstić information content (AvgIpc) is 2.94. The van der Waals surface area contributed by atoms with E-state index in [1.54, 1.807) is 12.8 Å². The Morgan fingerprint density at radius 3 is 2.65 bits per heavy atom. The lowest BCUT2D eigenvalue weighted by molar-refractivity contribution is -0.0425. The molecule has 0 nitrogen and oxygen atoms in total. The third-order valence-electron chi connectivity index (χ3n) is 9.80. The van der Waals surface area contributed by atoms with Crippen LogP contribution in [0.2, 0.25) is 0 Å². The Hall–Kier alpha value is -0.260. The van der Waals surface area contributed by atoms with Gasteiger partial charge in [-0.05, 0) is 98.2 Å². The van der Waals surface area contributed by atoms with E-state index in [-0.39, 0.29) is 0 Å². The smallest absolute Gasteiger partial charge is 0.00853 e. The normalized spacial score (nSPS) is 45.0. The van der Waals surface area contributed by atoms with Gasteiger partial charge in [-0.2, -0.15) is 0 Å². The number of hydrogen-bond donors (Lipinski definition) is 0. The Balaban J connectivity index is 1.45. The molecule has 0 saturated heterocycles. The summed E-state index contributed by atoms with van der Waals surface area (Å²) < 4.78 is 0. The summed E-state index contributed by atoms with van der Waals surface area (Å²) in [7, 11) is 0. The summed E-state index contributed by atoms with van der Waals surface area (Å²) in [6.07, 6.45) is 22.1. The lowest BCUT2D eigenvalue weighted by Gasteiger charge is -2.57. The lowest BCUT2D eigenvalue weighted by Crippen LogP contribution is -2.49. The van der Waals surface area contributed by atoms with Crippen molar-refractivity contribution < 1.29 is 0 Å². The Kier molecular flexibility index (Phi) is 5.35. The maximum absolute atomic E-state index is 2.74. The van der Waals surface area contributed by atoms with Crippen molar-refractivity contribution in [1.82, 2.24) is 0 Å². The number of hydrogen-bond acceptors (Lipinski definition) is 0. The van der Waals surface area contributed by atoms with Crippen LogP contribution < -0.4 is 0 Å². The van der Waals surface area contributed by atoms with Crippen LogP contribution in [0, 0.1) is 40.4 Å². The zero-order valence-electron chi connectivity index (χ0n) is 18.2. The molecule has 148 valence electrons. The van der Waals surface area contributed by atoms with Gasteiger partial charge >= 0.3 is 0 Å². The highest BCUT2D eigenvalue weighted by molar-refractivity contribution is 5.24. The predicted octanol–water partition coefficient (Wildman–Crippen LogP) is 8.17. The summed E-state index contributed by atoms with van der Waals surface area (Å²) in [5.41, 5.74) is 3.13. The van der Waals surface area contributed by atoms with Crippen LogP contribution in [0.15, 0.2) is 11.6 Å². The Bertz CT molecular complexity index is 528. The monoisotopic (exact) mass is 356 g/mol. The van der Waals surface area contributed by atoms with Crippen LogP contribution in [0.1, 0.15) is 111 Å². The van der Waals surface area contributed by atoms with Crippen LogP contribution >= 0.6 is 0 Å². The van der Waals surface area contributed by atoms with E-state index in [2.05, 4.69) is 33.8 Å². The quantitative estimate of drug-likeness (QED) is 0.344. The minimum atomic E-state index is 0.581. The predicted molar refractivity (Wildman–Crippen MR) is 113 cm³/mol. The van der Waals surface area contributed by atoms with E-state index in [4.69, 9.17) is 0 Å². The van der Waals surface area contributed by atoms with Crippen molar-refractivity contribution in [1.29, 1.82) is 0 Å². The van der Waals surface area contributed by atoms with E-state index in [0.29, 0.717) is 10.8 Å². The van der Waals surface area contributed by atoms with Crippen LogP contribution in [0.4, 0.5) is 0 Å². The van der Waals surface area contributed by atoms with E-state index in [0.717, 1.165) is 29.6 Å². The van der Waals surface area contributed by atoms with Gasteiger partial charge in [-0.3, -0.25) is 0 Å². The van der Waals surface area contributed by atoms with Crippen molar-refractivity contribution in [2.45, 2.75) is 111 Å². The average molecular weight is 357 g/mol. The fraction of sp³-hybridized carbons (Fsp3) is 0.923. The number of allylic oxidation sites excluding steroid dienone is 2. The van der Waals surface area contributed by atoms with Gasteiger partial charge in [0.25, 0.3) is 0 Å². The topological polar surface area (TPSA) is 0 Å². The molecule has 3 saturated carbocycles. The van der Waals surface area contributed by atoms with E-state index in [9.17, 15) is 0 Å². The summed E-state index contributed by atoms with van der Waals surface area (Å²) in [5, 5.41) is 0. The van der Waals surface area contributed by atoms with Gasteiger partial charge in [0, 0.05) is 0 Å². The van der Waals surface area contributed by atoms with Crippen molar-refractivity contribution in [2.24, 2.45) is 40.4 Å². The van der Waals surface area contributed by atoms with E-state index in [1.165, 1.54) is 70.6 Å². The molecule has 0 amide bonds. The molecule has 0 spiro atoms. The molecule has 0 aliphatic heterocycles. The molecule has 6 atom stereocenters. The summed E-state index contributed by atoms with van der Waals surface area (Å²) in [5.74, 6) is 4.98. The first kappa shape index (κ1) is 19.1. The summed E-state index contributed by atoms with van der Waals surface area (Å²) in [6, 6.07) is 0. The second-order valence-electron chi connectivity index (χ2n) is 11.5. The first-order chi connectivity index (χ1) is 12.4. The van der Waals surface area contributed by atoms with Gasteiger partial charge < -0.3 is 0 Å². The Morgan fingerprint density at radius 1 is 1.00 bits per heavy atom. The molecule has 4 aliphatic carbocycles. The summed E-state index contributed by atoms with van der Waals surface area (Å²) in [6.45, 7) is 10.1. The molecular weight excluding hydrogens is 312 g/mol. The number of rotatable bonds is 5. The fourth-order valence-corrected chi connectivity index (χ4v) is 8.22. The minimum Gasteiger partial charge on any atom is -0.0845 e. The van der Waals surface area contributed by atoms with Crippen LogP contribution in [0.25, 0.3) is 0 Å². The van der Waals surface area contributed by atoms with E-state index < -0.39 is 0 Å². The molecule has 0 N–H and O–H groups in total. The van der Waals surface area contributed by atoms with Gasteiger partial charge in [0.2, 0.25) is 0 Å².